The van der Waals surface area contributed by atoms with Crippen LogP contribution >= 0.6 is 11.6 Å². The number of aryl methyl sites for hydroxylation is 2. The quantitative estimate of drug-likeness (QED) is 0.699. The highest BCUT2D eigenvalue weighted by Crippen LogP contribution is 2.32. The molecule has 0 unspecified atom stereocenters. The molecular weight excluding hydrogens is 326 g/mol. The molecule has 0 saturated heterocycles. The third kappa shape index (κ3) is 4.72. The van der Waals surface area contributed by atoms with E-state index in [-0.39, 0.29) is 0 Å². The Morgan fingerprint density at radius 1 is 1.17 bits per heavy atom. The number of hydrogen-bond donors (Lipinski definition) is 1. The summed E-state index contributed by atoms with van der Waals surface area (Å²) in [6.45, 7) is 8.55. The van der Waals surface area contributed by atoms with Crippen LogP contribution in [-0.4, -0.2) is 29.5 Å². The van der Waals surface area contributed by atoms with E-state index in [4.69, 9.17) is 26.8 Å². The van der Waals surface area contributed by atoms with Gasteiger partial charge in [-0.1, -0.05) is 25.4 Å². The van der Waals surface area contributed by atoms with E-state index >= 15 is 0 Å². The Balaban J connectivity index is 2.25. The molecule has 0 radical (unpaired) electrons. The molecule has 132 valence electrons. The van der Waals surface area contributed by atoms with Gasteiger partial charge in [-0.2, -0.15) is 5.10 Å². The third-order valence-corrected chi connectivity index (χ3v) is 3.91. The molecule has 1 heterocycles. The molecular formula is C18H26ClN3O2. The number of nitrogens with two attached hydrogens (primary N) is 1. The lowest BCUT2D eigenvalue weighted by Crippen LogP contribution is -2.14. The van der Waals surface area contributed by atoms with Crippen molar-refractivity contribution < 1.29 is 9.47 Å². The summed E-state index contributed by atoms with van der Waals surface area (Å²) in [6.07, 6.45) is 1.64. The lowest BCUT2D eigenvalue weighted by Gasteiger charge is -2.10. The van der Waals surface area contributed by atoms with E-state index < -0.39 is 0 Å². The Kier molecular flexibility index (Phi) is 7.09. The summed E-state index contributed by atoms with van der Waals surface area (Å²) in [6, 6.07) is 5.72. The minimum absolute atomic E-state index is 0.530. The van der Waals surface area contributed by atoms with Gasteiger partial charge in [-0.05, 0) is 43.5 Å². The van der Waals surface area contributed by atoms with Gasteiger partial charge in [0, 0.05) is 11.6 Å². The van der Waals surface area contributed by atoms with Gasteiger partial charge in [0.05, 0.1) is 25.5 Å². The molecule has 6 heteroatoms. The number of rotatable bonds is 9. The van der Waals surface area contributed by atoms with Crippen LogP contribution in [0.3, 0.4) is 0 Å². The molecule has 0 aliphatic rings. The van der Waals surface area contributed by atoms with Crippen LogP contribution in [0.1, 0.15) is 30.8 Å². The first-order valence-electron chi connectivity index (χ1n) is 8.40. The molecule has 0 spiro atoms. The molecule has 0 bridgehead atoms. The summed E-state index contributed by atoms with van der Waals surface area (Å²) in [4.78, 5) is 0. The van der Waals surface area contributed by atoms with Crippen LogP contribution in [-0.2, 0) is 24.1 Å². The van der Waals surface area contributed by atoms with Gasteiger partial charge in [-0.15, -0.1) is 0 Å². The van der Waals surface area contributed by atoms with Crippen molar-refractivity contribution >= 4 is 11.6 Å². The largest absolute Gasteiger partial charge is 0.453 e. The van der Waals surface area contributed by atoms with E-state index in [0.717, 1.165) is 41.3 Å². The van der Waals surface area contributed by atoms with Crippen LogP contribution in [0.25, 0.3) is 0 Å². The molecule has 2 N–H and O–H groups in total. The number of halogens is 1. The van der Waals surface area contributed by atoms with E-state index in [1.807, 2.05) is 29.8 Å². The fourth-order valence-electron chi connectivity index (χ4n) is 2.63. The number of benzene rings is 1. The van der Waals surface area contributed by atoms with Crippen LogP contribution in [0.15, 0.2) is 18.2 Å². The van der Waals surface area contributed by atoms with Crippen molar-refractivity contribution in [1.29, 1.82) is 0 Å². The molecule has 0 aliphatic carbocycles. The Morgan fingerprint density at radius 3 is 2.58 bits per heavy atom. The molecule has 1 aromatic heterocycles. The second-order valence-electron chi connectivity index (χ2n) is 5.62. The van der Waals surface area contributed by atoms with Crippen LogP contribution in [0.5, 0.6) is 11.5 Å². The second kappa shape index (κ2) is 9.06. The molecule has 0 atom stereocenters. The smallest absolute Gasteiger partial charge is 0.171 e. The maximum atomic E-state index is 6.16. The molecule has 5 nitrogen and oxygen atoms in total. The van der Waals surface area contributed by atoms with Crippen molar-refractivity contribution in [3.8, 4) is 11.5 Å². The Morgan fingerprint density at radius 2 is 1.96 bits per heavy atom. The van der Waals surface area contributed by atoms with Crippen molar-refractivity contribution in [3.63, 3.8) is 0 Å². The van der Waals surface area contributed by atoms with Gasteiger partial charge in [0.1, 0.15) is 11.4 Å². The molecule has 1 aromatic carbocycles. The number of aromatic nitrogens is 2. The zero-order chi connectivity index (χ0) is 17.5. The highest BCUT2D eigenvalue weighted by molar-refractivity contribution is 6.30. The summed E-state index contributed by atoms with van der Waals surface area (Å²) in [5.41, 5.74) is 8.53. The zero-order valence-corrected chi connectivity index (χ0v) is 15.4. The average Bonchev–Trinajstić information content (AvgIpc) is 2.87. The zero-order valence-electron chi connectivity index (χ0n) is 14.6. The number of ether oxygens (including phenoxy) is 2. The summed E-state index contributed by atoms with van der Waals surface area (Å²) in [5.74, 6) is 1.57. The van der Waals surface area contributed by atoms with Gasteiger partial charge in [0.2, 0.25) is 0 Å². The second-order valence-corrected chi connectivity index (χ2v) is 6.06. The molecule has 2 rings (SSSR count). The molecule has 0 fully saturated rings. The fourth-order valence-corrected chi connectivity index (χ4v) is 2.91. The highest BCUT2D eigenvalue weighted by atomic mass is 35.5. The van der Waals surface area contributed by atoms with E-state index in [1.54, 1.807) is 0 Å². The van der Waals surface area contributed by atoms with Crippen LogP contribution < -0.4 is 10.5 Å². The molecule has 0 saturated carbocycles. The predicted molar refractivity (Wildman–Crippen MR) is 97.1 cm³/mol. The number of hydrogen-bond acceptors (Lipinski definition) is 4. The van der Waals surface area contributed by atoms with Crippen molar-refractivity contribution in [3.05, 3.63) is 40.2 Å². The lowest BCUT2D eigenvalue weighted by molar-refractivity contribution is 0.130. The van der Waals surface area contributed by atoms with Crippen LogP contribution in [0, 0.1) is 6.92 Å². The maximum Gasteiger partial charge on any atom is 0.171 e. The third-order valence-electron chi connectivity index (χ3n) is 3.69. The minimum atomic E-state index is 0.530. The summed E-state index contributed by atoms with van der Waals surface area (Å²) < 4.78 is 13.6. The Hall–Kier alpha value is -1.56. The first-order chi connectivity index (χ1) is 11.6. The van der Waals surface area contributed by atoms with Crippen molar-refractivity contribution in [2.24, 2.45) is 5.73 Å². The topological polar surface area (TPSA) is 62.3 Å². The normalized spacial score (nSPS) is 11.0. The first-order valence-corrected chi connectivity index (χ1v) is 8.78. The van der Waals surface area contributed by atoms with E-state index in [2.05, 4.69) is 18.9 Å². The summed E-state index contributed by atoms with van der Waals surface area (Å²) in [5, 5.41) is 5.36. The number of nitrogens with zero attached hydrogens (tertiary/aromatic N) is 2. The van der Waals surface area contributed by atoms with Crippen molar-refractivity contribution in [1.82, 2.24) is 9.78 Å². The van der Waals surface area contributed by atoms with Crippen molar-refractivity contribution in [2.75, 3.05) is 19.8 Å². The average molecular weight is 352 g/mol. The monoisotopic (exact) mass is 351 g/mol. The Labute approximate surface area is 148 Å². The van der Waals surface area contributed by atoms with Gasteiger partial charge in [-0.3, -0.25) is 4.68 Å². The van der Waals surface area contributed by atoms with Gasteiger partial charge >= 0.3 is 0 Å². The Bertz CT molecular complexity index is 650. The maximum absolute atomic E-state index is 6.16. The van der Waals surface area contributed by atoms with Gasteiger partial charge < -0.3 is 15.2 Å². The van der Waals surface area contributed by atoms with Crippen LogP contribution in [0.2, 0.25) is 5.02 Å². The molecule has 0 amide bonds. The van der Waals surface area contributed by atoms with Crippen molar-refractivity contribution in [2.45, 2.75) is 40.2 Å². The standard InChI is InChI=1S/C18H26ClN3O2/c1-4-16-18(24-15-11-13(3)10-14(19)12-15)17(5-2)22(21-16)7-9-23-8-6-20/h10-12H,4-9,20H2,1-3H3. The van der Waals surface area contributed by atoms with Gasteiger partial charge in [-0.25, -0.2) is 0 Å². The van der Waals surface area contributed by atoms with Gasteiger partial charge in [0.25, 0.3) is 0 Å². The lowest BCUT2D eigenvalue weighted by atomic mass is 10.2. The molecule has 2 aromatic rings. The van der Waals surface area contributed by atoms with Crippen LogP contribution in [0.4, 0.5) is 0 Å². The van der Waals surface area contributed by atoms with Gasteiger partial charge in [0.15, 0.2) is 5.75 Å². The van der Waals surface area contributed by atoms with E-state index in [9.17, 15) is 0 Å². The van der Waals surface area contributed by atoms with E-state index in [0.29, 0.717) is 31.3 Å². The fraction of sp³-hybridized carbons (Fsp3) is 0.500. The summed E-state index contributed by atoms with van der Waals surface area (Å²) in [7, 11) is 0. The minimum Gasteiger partial charge on any atom is -0.453 e. The first kappa shape index (κ1) is 18.8. The SMILES string of the molecule is CCc1nn(CCOCCN)c(CC)c1Oc1cc(C)cc(Cl)c1. The van der Waals surface area contributed by atoms with E-state index in [1.165, 1.54) is 0 Å². The summed E-state index contributed by atoms with van der Waals surface area (Å²) >= 11 is 6.14. The molecule has 0 aliphatic heterocycles. The highest BCUT2D eigenvalue weighted by Gasteiger charge is 2.18. The molecule has 24 heavy (non-hydrogen) atoms. The predicted octanol–water partition coefficient (Wildman–Crippen LogP) is 3.74.